The number of nitrogens with zero attached hydrogens (tertiary/aromatic N) is 1. The molecule has 102 valence electrons. The predicted octanol–water partition coefficient (Wildman–Crippen LogP) is 1.89. The molecule has 0 radical (unpaired) electrons. The van der Waals surface area contributed by atoms with Gasteiger partial charge in [-0.15, -0.1) is 0 Å². The van der Waals surface area contributed by atoms with E-state index in [2.05, 4.69) is 34.4 Å². The monoisotopic (exact) mass is 259 g/mol. The standard InChI is InChI=1S/C15H21N3O/c1-11-3-4-13(19-2)15-14(11)12(9-17-15)10-18-7-5-16-6-8-18/h3-4,9,16-17H,5-8,10H2,1-2H3. The van der Waals surface area contributed by atoms with Crippen LogP contribution in [-0.4, -0.2) is 43.2 Å². The number of hydrogen-bond acceptors (Lipinski definition) is 3. The third kappa shape index (κ3) is 2.33. The third-order valence-corrected chi connectivity index (χ3v) is 3.91. The van der Waals surface area contributed by atoms with Gasteiger partial charge in [0, 0.05) is 44.3 Å². The molecule has 1 saturated heterocycles. The molecule has 2 aromatic rings. The Labute approximate surface area is 113 Å². The molecule has 0 unspecified atom stereocenters. The maximum absolute atomic E-state index is 5.43. The SMILES string of the molecule is COc1ccc(C)c2c(CN3CCNCC3)c[nH]c12. The normalized spacial score (nSPS) is 16.9. The molecule has 0 spiro atoms. The molecular weight excluding hydrogens is 238 g/mol. The molecule has 1 aliphatic rings. The Morgan fingerprint density at radius 3 is 2.79 bits per heavy atom. The van der Waals surface area contributed by atoms with Gasteiger partial charge >= 0.3 is 0 Å². The van der Waals surface area contributed by atoms with Crippen molar-refractivity contribution in [2.45, 2.75) is 13.5 Å². The van der Waals surface area contributed by atoms with Gasteiger partial charge in [-0.3, -0.25) is 4.90 Å². The van der Waals surface area contributed by atoms with Crippen molar-refractivity contribution in [2.75, 3.05) is 33.3 Å². The van der Waals surface area contributed by atoms with Crippen LogP contribution in [0.25, 0.3) is 10.9 Å². The van der Waals surface area contributed by atoms with Crippen LogP contribution in [0.4, 0.5) is 0 Å². The number of aromatic nitrogens is 1. The summed E-state index contributed by atoms with van der Waals surface area (Å²) in [7, 11) is 1.72. The Kier molecular flexibility index (Phi) is 3.44. The summed E-state index contributed by atoms with van der Waals surface area (Å²) in [5.41, 5.74) is 3.79. The molecule has 1 aliphatic heterocycles. The summed E-state index contributed by atoms with van der Waals surface area (Å²) in [6.45, 7) is 7.59. The lowest BCUT2D eigenvalue weighted by Crippen LogP contribution is -2.42. The van der Waals surface area contributed by atoms with Crippen molar-refractivity contribution in [3.05, 3.63) is 29.5 Å². The van der Waals surface area contributed by atoms with Crippen LogP contribution in [0.3, 0.4) is 0 Å². The summed E-state index contributed by atoms with van der Waals surface area (Å²) in [6.07, 6.45) is 2.13. The van der Waals surface area contributed by atoms with E-state index in [1.807, 2.05) is 6.07 Å². The first kappa shape index (κ1) is 12.5. The molecule has 0 amide bonds. The minimum atomic E-state index is 0.923. The molecule has 0 saturated carbocycles. The van der Waals surface area contributed by atoms with Gasteiger partial charge in [0.05, 0.1) is 12.6 Å². The molecule has 4 nitrogen and oxygen atoms in total. The van der Waals surface area contributed by atoms with Crippen molar-refractivity contribution < 1.29 is 4.74 Å². The van der Waals surface area contributed by atoms with Gasteiger partial charge < -0.3 is 15.0 Å². The zero-order chi connectivity index (χ0) is 13.2. The highest BCUT2D eigenvalue weighted by molar-refractivity contribution is 5.91. The number of methoxy groups -OCH3 is 1. The molecule has 1 fully saturated rings. The molecule has 1 aromatic heterocycles. The van der Waals surface area contributed by atoms with E-state index in [9.17, 15) is 0 Å². The number of aromatic amines is 1. The Bertz CT molecular complexity index is 570. The van der Waals surface area contributed by atoms with Crippen LogP contribution in [0, 0.1) is 6.92 Å². The molecule has 3 rings (SSSR count). The number of H-pyrrole nitrogens is 1. The zero-order valence-electron chi connectivity index (χ0n) is 11.6. The van der Waals surface area contributed by atoms with Crippen LogP contribution >= 0.6 is 0 Å². The molecule has 2 heterocycles. The molecule has 0 aliphatic carbocycles. The van der Waals surface area contributed by atoms with Gasteiger partial charge in [0.2, 0.25) is 0 Å². The van der Waals surface area contributed by atoms with Crippen molar-refractivity contribution in [1.29, 1.82) is 0 Å². The van der Waals surface area contributed by atoms with E-state index in [1.165, 1.54) is 16.5 Å². The Hall–Kier alpha value is -1.52. The quantitative estimate of drug-likeness (QED) is 0.884. The molecule has 4 heteroatoms. The largest absolute Gasteiger partial charge is 0.495 e. The summed E-state index contributed by atoms with van der Waals surface area (Å²) in [5.74, 6) is 0.923. The minimum absolute atomic E-state index is 0.923. The summed E-state index contributed by atoms with van der Waals surface area (Å²) in [6, 6.07) is 4.17. The maximum Gasteiger partial charge on any atom is 0.142 e. The predicted molar refractivity (Wildman–Crippen MR) is 77.7 cm³/mol. The molecule has 19 heavy (non-hydrogen) atoms. The van der Waals surface area contributed by atoms with E-state index >= 15 is 0 Å². The molecule has 2 N–H and O–H groups in total. The first-order valence-corrected chi connectivity index (χ1v) is 6.86. The van der Waals surface area contributed by atoms with E-state index in [0.717, 1.165) is 44.0 Å². The van der Waals surface area contributed by atoms with Gasteiger partial charge in [0.25, 0.3) is 0 Å². The summed E-state index contributed by atoms with van der Waals surface area (Å²) >= 11 is 0. The highest BCUT2D eigenvalue weighted by atomic mass is 16.5. The fraction of sp³-hybridized carbons (Fsp3) is 0.467. The lowest BCUT2D eigenvalue weighted by atomic mass is 10.1. The van der Waals surface area contributed by atoms with Gasteiger partial charge in [-0.1, -0.05) is 6.07 Å². The second-order valence-corrected chi connectivity index (χ2v) is 5.17. The molecule has 1 aromatic carbocycles. The fourth-order valence-corrected chi connectivity index (χ4v) is 2.88. The van der Waals surface area contributed by atoms with Crippen molar-refractivity contribution >= 4 is 10.9 Å². The van der Waals surface area contributed by atoms with Gasteiger partial charge in [0.15, 0.2) is 0 Å². The maximum atomic E-state index is 5.43. The van der Waals surface area contributed by atoms with Crippen molar-refractivity contribution in [2.24, 2.45) is 0 Å². The number of nitrogens with one attached hydrogen (secondary N) is 2. The van der Waals surface area contributed by atoms with Crippen molar-refractivity contribution in [3.8, 4) is 5.75 Å². The Morgan fingerprint density at radius 1 is 1.26 bits per heavy atom. The zero-order valence-corrected chi connectivity index (χ0v) is 11.6. The number of ether oxygens (including phenoxy) is 1. The van der Waals surface area contributed by atoms with Crippen LogP contribution < -0.4 is 10.1 Å². The number of fused-ring (bicyclic) bond motifs is 1. The topological polar surface area (TPSA) is 40.3 Å². The van der Waals surface area contributed by atoms with Crippen molar-refractivity contribution in [3.63, 3.8) is 0 Å². The first-order valence-electron chi connectivity index (χ1n) is 6.86. The Morgan fingerprint density at radius 2 is 2.05 bits per heavy atom. The van der Waals surface area contributed by atoms with E-state index in [0.29, 0.717) is 0 Å². The van der Waals surface area contributed by atoms with Crippen LogP contribution in [0.1, 0.15) is 11.1 Å². The summed E-state index contributed by atoms with van der Waals surface area (Å²) in [4.78, 5) is 5.87. The first-order chi connectivity index (χ1) is 9.29. The smallest absolute Gasteiger partial charge is 0.142 e. The van der Waals surface area contributed by atoms with Gasteiger partial charge in [0.1, 0.15) is 5.75 Å². The second-order valence-electron chi connectivity index (χ2n) is 5.17. The molecule has 0 atom stereocenters. The number of benzene rings is 1. The minimum Gasteiger partial charge on any atom is -0.495 e. The van der Waals surface area contributed by atoms with E-state index in [-0.39, 0.29) is 0 Å². The fourth-order valence-electron chi connectivity index (χ4n) is 2.88. The van der Waals surface area contributed by atoms with E-state index < -0.39 is 0 Å². The van der Waals surface area contributed by atoms with Gasteiger partial charge in [-0.25, -0.2) is 0 Å². The number of piperazine rings is 1. The van der Waals surface area contributed by atoms with Gasteiger partial charge in [-0.05, 0) is 24.1 Å². The van der Waals surface area contributed by atoms with Crippen LogP contribution in [0.2, 0.25) is 0 Å². The number of rotatable bonds is 3. The van der Waals surface area contributed by atoms with Crippen LogP contribution in [0.15, 0.2) is 18.3 Å². The van der Waals surface area contributed by atoms with E-state index in [1.54, 1.807) is 7.11 Å². The van der Waals surface area contributed by atoms with Crippen LogP contribution in [-0.2, 0) is 6.54 Å². The van der Waals surface area contributed by atoms with Crippen molar-refractivity contribution in [1.82, 2.24) is 15.2 Å². The average molecular weight is 259 g/mol. The highest BCUT2D eigenvalue weighted by Crippen LogP contribution is 2.30. The van der Waals surface area contributed by atoms with Crippen LogP contribution in [0.5, 0.6) is 5.75 Å². The third-order valence-electron chi connectivity index (χ3n) is 3.91. The number of aryl methyl sites for hydroxylation is 1. The summed E-state index contributed by atoms with van der Waals surface area (Å²) < 4.78 is 5.43. The van der Waals surface area contributed by atoms with E-state index in [4.69, 9.17) is 4.74 Å². The second kappa shape index (κ2) is 5.23. The average Bonchev–Trinajstić information content (AvgIpc) is 2.85. The molecular formula is C15H21N3O. The molecule has 0 bridgehead atoms. The Balaban J connectivity index is 1.95. The lowest BCUT2D eigenvalue weighted by molar-refractivity contribution is 0.234. The van der Waals surface area contributed by atoms with Gasteiger partial charge in [-0.2, -0.15) is 0 Å². The number of hydrogen-bond donors (Lipinski definition) is 2. The lowest BCUT2D eigenvalue weighted by Gasteiger charge is -2.27. The highest BCUT2D eigenvalue weighted by Gasteiger charge is 2.15. The summed E-state index contributed by atoms with van der Waals surface area (Å²) in [5, 5.41) is 4.71.